The Morgan fingerprint density at radius 3 is 2.33 bits per heavy atom. The Bertz CT molecular complexity index is 567. The van der Waals surface area contributed by atoms with E-state index in [1.807, 2.05) is 0 Å². The van der Waals surface area contributed by atoms with E-state index in [2.05, 4.69) is 0 Å². The lowest BCUT2D eigenvalue weighted by atomic mass is 10.3. The first-order chi connectivity index (χ1) is 9.56. The lowest BCUT2D eigenvalue weighted by Gasteiger charge is -2.23. The fourth-order valence-corrected chi connectivity index (χ4v) is 3.23. The maximum Gasteiger partial charge on any atom is 0.402 e. The van der Waals surface area contributed by atoms with Crippen molar-refractivity contribution >= 4 is 15.7 Å². The van der Waals surface area contributed by atoms with Gasteiger partial charge in [0.05, 0.1) is 4.90 Å². The van der Waals surface area contributed by atoms with Crippen LogP contribution < -0.4 is 5.73 Å². The molecule has 21 heavy (non-hydrogen) atoms. The number of alkyl halides is 3. The zero-order valence-electron chi connectivity index (χ0n) is 11.3. The number of benzene rings is 1. The number of hydrogen-bond donors (Lipinski definition) is 1. The molecule has 1 rings (SSSR count). The highest BCUT2D eigenvalue weighted by atomic mass is 32.2. The zero-order chi connectivity index (χ0) is 16.3. The molecule has 0 saturated carbocycles. The minimum Gasteiger partial charge on any atom is -0.399 e. The Balaban J connectivity index is 3.19. The van der Waals surface area contributed by atoms with E-state index in [0.717, 1.165) is 12.1 Å². The molecule has 0 radical (unpaired) electrons. The SMILES string of the molecule is CCCCN(CC(F)(F)F)S(=O)(=O)c1cc(N)cc(F)c1. The zero-order valence-corrected chi connectivity index (χ0v) is 12.1. The van der Waals surface area contributed by atoms with E-state index < -0.39 is 33.5 Å². The molecule has 0 aliphatic heterocycles. The van der Waals surface area contributed by atoms with Crippen LogP contribution in [0.1, 0.15) is 19.8 Å². The van der Waals surface area contributed by atoms with Gasteiger partial charge in [0.2, 0.25) is 10.0 Å². The van der Waals surface area contributed by atoms with Crippen molar-refractivity contribution in [1.82, 2.24) is 4.31 Å². The molecule has 0 saturated heterocycles. The number of anilines is 1. The fourth-order valence-electron chi connectivity index (χ4n) is 1.70. The van der Waals surface area contributed by atoms with Gasteiger partial charge in [0, 0.05) is 12.2 Å². The van der Waals surface area contributed by atoms with Crippen molar-refractivity contribution in [1.29, 1.82) is 0 Å². The summed E-state index contributed by atoms with van der Waals surface area (Å²) in [5.41, 5.74) is 5.17. The Morgan fingerprint density at radius 1 is 1.24 bits per heavy atom. The van der Waals surface area contributed by atoms with E-state index in [9.17, 15) is 26.0 Å². The first-order valence-corrected chi connectivity index (χ1v) is 7.63. The molecule has 0 amide bonds. The molecule has 0 bridgehead atoms. The fraction of sp³-hybridized carbons (Fsp3) is 0.500. The molecule has 0 heterocycles. The first-order valence-electron chi connectivity index (χ1n) is 6.19. The molecule has 0 spiro atoms. The normalized spacial score (nSPS) is 12.9. The van der Waals surface area contributed by atoms with Gasteiger partial charge < -0.3 is 5.73 Å². The summed E-state index contributed by atoms with van der Waals surface area (Å²) in [4.78, 5) is -0.583. The molecule has 0 aliphatic carbocycles. The van der Waals surface area contributed by atoms with Crippen molar-refractivity contribution in [3.8, 4) is 0 Å². The van der Waals surface area contributed by atoms with Crippen LogP contribution in [0, 0.1) is 5.82 Å². The number of unbranched alkanes of at least 4 members (excludes halogenated alkanes) is 1. The van der Waals surface area contributed by atoms with Crippen LogP contribution in [0.5, 0.6) is 0 Å². The summed E-state index contributed by atoms with van der Waals surface area (Å²) in [6, 6.07) is 2.48. The van der Waals surface area contributed by atoms with Gasteiger partial charge in [0.25, 0.3) is 0 Å². The number of nitrogens with zero attached hydrogens (tertiary/aromatic N) is 1. The topological polar surface area (TPSA) is 63.4 Å². The van der Waals surface area contributed by atoms with Crippen molar-refractivity contribution in [3.05, 3.63) is 24.0 Å². The second-order valence-corrected chi connectivity index (χ2v) is 6.47. The van der Waals surface area contributed by atoms with Crippen LogP contribution >= 0.6 is 0 Å². The van der Waals surface area contributed by atoms with E-state index >= 15 is 0 Å². The van der Waals surface area contributed by atoms with Gasteiger partial charge in [-0.1, -0.05) is 13.3 Å². The van der Waals surface area contributed by atoms with Gasteiger partial charge in [0.1, 0.15) is 12.4 Å². The first kappa shape index (κ1) is 17.7. The molecule has 9 heteroatoms. The molecular weight excluding hydrogens is 312 g/mol. The summed E-state index contributed by atoms with van der Waals surface area (Å²) in [6.07, 6.45) is -3.89. The van der Waals surface area contributed by atoms with Crippen LogP contribution in [0.2, 0.25) is 0 Å². The van der Waals surface area contributed by atoms with E-state index in [1.165, 1.54) is 0 Å². The van der Waals surface area contributed by atoms with Crippen LogP contribution in [-0.2, 0) is 10.0 Å². The molecule has 4 nitrogen and oxygen atoms in total. The van der Waals surface area contributed by atoms with Gasteiger partial charge in [-0.15, -0.1) is 0 Å². The summed E-state index contributed by atoms with van der Waals surface area (Å²) < 4.78 is 75.6. The molecule has 1 aromatic carbocycles. The Morgan fingerprint density at radius 2 is 1.86 bits per heavy atom. The minimum absolute atomic E-state index is 0.170. The number of sulfonamides is 1. The molecule has 2 N–H and O–H groups in total. The third-order valence-corrected chi connectivity index (χ3v) is 4.47. The van der Waals surface area contributed by atoms with Crippen molar-refractivity contribution in [2.45, 2.75) is 30.8 Å². The molecule has 0 fully saturated rings. The van der Waals surface area contributed by atoms with Crippen LogP contribution in [0.25, 0.3) is 0 Å². The third kappa shape index (κ3) is 5.16. The Hall–Kier alpha value is -1.35. The van der Waals surface area contributed by atoms with E-state index in [0.29, 0.717) is 16.8 Å². The average molecular weight is 328 g/mol. The smallest absolute Gasteiger partial charge is 0.399 e. The highest BCUT2D eigenvalue weighted by Gasteiger charge is 2.36. The lowest BCUT2D eigenvalue weighted by molar-refractivity contribution is -0.136. The predicted molar refractivity (Wildman–Crippen MR) is 70.5 cm³/mol. The molecular formula is C12H16F4N2O2S. The van der Waals surface area contributed by atoms with Crippen molar-refractivity contribution in [2.75, 3.05) is 18.8 Å². The van der Waals surface area contributed by atoms with Crippen LogP contribution in [-0.4, -0.2) is 32.0 Å². The van der Waals surface area contributed by atoms with Crippen LogP contribution in [0.4, 0.5) is 23.2 Å². The summed E-state index contributed by atoms with van der Waals surface area (Å²) >= 11 is 0. The van der Waals surface area contributed by atoms with Crippen molar-refractivity contribution in [2.24, 2.45) is 0 Å². The monoisotopic (exact) mass is 328 g/mol. The van der Waals surface area contributed by atoms with Gasteiger partial charge >= 0.3 is 6.18 Å². The van der Waals surface area contributed by atoms with Gasteiger partial charge in [-0.2, -0.15) is 17.5 Å². The van der Waals surface area contributed by atoms with Crippen molar-refractivity contribution < 1.29 is 26.0 Å². The van der Waals surface area contributed by atoms with Crippen LogP contribution in [0.3, 0.4) is 0 Å². The molecule has 0 atom stereocenters. The van der Waals surface area contributed by atoms with Crippen molar-refractivity contribution in [3.63, 3.8) is 0 Å². The Kier molecular flexibility index (Phi) is 5.57. The van der Waals surface area contributed by atoms with Gasteiger partial charge in [0.15, 0.2) is 0 Å². The van der Waals surface area contributed by atoms with E-state index in [4.69, 9.17) is 5.73 Å². The third-order valence-electron chi connectivity index (χ3n) is 2.65. The second kappa shape index (κ2) is 6.61. The number of nitrogen functional groups attached to an aromatic ring is 1. The molecule has 0 aliphatic rings. The summed E-state index contributed by atoms with van der Waals surface area (Å²) in [5, 5.41) is 0. The molecule has 1 aromatic rings. The predicted octanol–water partition coefficient (Wildman–Crippen LogP) is 2.76. The summed E-state index contributed by atoms with van der Waals surface area (Å²) in [7, 11) is -4.46. The number of rotatable bonds is 6. The maximum atomic E-state index is 13.2. The number of halogens is 4. The van der Waals surface area contributed by atoms with Gasteiger partial charge in [-0.25, -0.2) is 12.8 Å². The largest absolute Gasteiger partial charge is 0.402 e. The highest BCUT2D eigenvalue weighted by Crippen LogP contribution is 2.25. The van der Waals surface area contributed by atoms with Gasteiger partial charge in [-0.3, -0.25) is 0 Å². The van der Waals surface area contributed by atoms with Gasteiger partial charge in [-0.05, 0) is 24.6 Å². The summed E-state index contributed by atoms with van der Waals surface area (Å²) in [5.74, 6) is -0.920. The molecule has 0 unspecified atom stereocenters. The maximum absolute atomic E-state index is 13.2. The highest BCUT2D eigenvalue weighted by molar-refractivity contribution is 7.89. The minimum atomic E-state index is -4.68. The number of hydrogen-bond acceptors (Lipinski definition) is 3. The quantitative estimate of drug-likeness (QED) is 0.645. The average Bonchev–Trinajstić information content (AvgIpc) is 2.31. The standard InChI is InChI=1S/C12H16F4N2O2S/c1-2-3-4-18(8-12(14,15)16)21(19,20)11-6-9(13)5-10(17)7-11/h5-7H,2-4,8,17H2,1H3. The second-order valence-electron chi connectivity index (χ2n) is 4.53. The van der Waals surface area contributed by atoms with E-state index in [1.54, 1.807) is 6.92 Å². The van der Waals surface area contributed by atoms with Crippen LogP contribution in [0.15, 0.2) is 23.1 Å². The molecule has 120 valence electrons. The van der Waals surface area contributed by atoms with E-state index in [-0.39, 0.29) is 18.7 Å². The molecule has 0 aromatic heterocycles. The number of nitrogens with two attached hydrogens (primary N) is 1. The lowest BCUT2D eigenvalue weighted by Crippen LogP contribution is -2.39. The summed E-state index contributed by atoms with van der Waals surface area (Å²) in [6.45, 7) is -0.195. The Labute approximate surface area is 120 Å².